The van der Waals surface area contributed by atoms with Crippen molar-refractivity contribution < 1.29 is 22.4 Å². The lowest BCUT2D eigenvalue weighted by Gasteiger charge is -2.11. The Bertz CT molecular complexity index is 1060. The molecule has 0 aliphatic carbocycles. The van der Waals surface area contributed by atoms with Crippen molar-refractivity contribution in [2.75, 3.05) is 5.32 Å². The molecule has 0 fully saturated rings. The smallest absolute Gasteiger partial charge is 0.324 e. The van der Waals surface area contributed by atoms with Crippen molar-refractivity contribution in [1.29, 1.82) is 0 Å². The van der Waals surface area contributed by atoms with Crippen LogP contribution in [0.3, 0.4) is 0 Å². The number of alkyl halides is 3. The topological polar surface area (TPSA) is 72.2 Å². The molecular weight excluding hydrogens is 402 g/mol. The summed E-state index contributed by atoms with van der Waals surface area (Å²) < 4.78 is 53.2. The predicted molar refractivity (Wildman–Crippen MR) is 93.6 cm³/mol. The van der Waals surface area contributed by atoms with Gasteiger partial charge in [0.2, 0.25) is 5.91 Å². The van der Waals surface area contributed by atoms with Crippen LogP contribution in [0.15, 0.2) is 18.2 Å². The number of carbonyl (C=O) groups is 1. The Hall–Kier alpha value is -2.75. The summed E-state index contributed by atoms with van der Waals surface area (Å²) in [6.45, 7) is 3.18. The highest BCUT2D eigenvalue weighted by Crippen LogP contribution is 2.27. The standard InChI is InChI=1S/C17H14ClF4N5O/c1-8-11(4-6-14(28)24-13-5-3-10(18)7-12(13)19)9(2)27-16(23-8)25-15(26-27)17(20,21)22/h3,5,7H,4,6H2,1-2H3,(H,24,28). The van der Waals surface area contributed by atoms with Gasteiger partial charge in [0, 0.05) is 22.8 Å². The van der Waals surface area contributed by atoms with Gasteiger partial charge >= 0.3 is 6.18 Å². The van der Waals surface area contributed by atoms with Crippen LogP contribution in [0.1, 0.15) is 29.2 Å². The van der Waals surface area contributed by atoms with Crippen LogP contribution >= 0.6 is 11.6 Å². The number of amides is 1. The van der Waals surface area contributed by atoms with Crippen molar-refractivity contribution >= 4 is 29.0 Å². The van der Waals surface area contributed by atoms with Crippen LogP contribution in [0.4, 0.5) is 23.2 Å². The van der Waals surface area contributed by atoms with Gasteiger partial charge in [0.25, 0.3) is 11.6 Å². The van der Waals surface area contributed by atoms with Crippen LogP contribution in [0.2, 0.25) is 5.02 Å². The summed E-state index contributed by atoms with van der Waals surface area (Å²) in [5.74, 6) is -2.58. The van der Waals surface area contributed by atoms with Gasteiger partial charge in [-0.05, 0) is 44.0 Å². The van der Waals surface area contributed by atoms with Gasteiger partial charge in [-0.15, -0.1) is 5.10 Å². The molecule has 6 nitrogen and oxygen atoms in total. The molecule has 3 rings (SSSR count). The maximum Gasteiger partial charge on any atom is 0.453 e. The van der Waals surface area contributed by atoms with E-state index in [1.54, 1.807) is 13.8 Å². The Balaban J connectivity index is 1.79. The van der Waals surface area contributed by atoms with Gasteiger partial charge in [-0.25, -0.2) is 13.9 Å². The minimum absolute atomic E-state index is 0.0116. The Morgan fingerprint density at radius 1 is 1.25 bits per heavy atom. The van der Waals surface area contributed by atoms with Crippen LogP contribution in [0.25, 0.3) is 5.78 Å². The number of hydrogen-bond donors (Lipinski definition) is 1. The fourth-order valence-electron chi connectivity index (χ4n) is 2.73. The molecule has 0 saturated heterocycles. The Morgan fingerprint density at radius 2 is 1.96 bits per heavy atom. The fraction of sp³-hybridized carbons (Fsp3) is 0.294. The zero-order valence-electron chi connectivity index (χ0n) is 14.7. The summed E-state index contributed by atoms with van der Waals surface area (Å²) in [6.07, 6.45) is -4.53. The molecule has 0 atom stereocenters. The van der Waals surface area contributed by atoms with E-state index in [1.165, 1.54) is 12.1 Å². The minimum atomic E-state index is -4.68. The van der Waals surface area contributed by atoms with Gasteiger partial charge < -0.3 is 5.32 Å². The molecule has 148 valence electrons. The number of hydrogen-bond acceptors (Lipinski definition) is 4. The first kappa shape index (κ1) is 20.0. The van der Waals surface area contributed by atoms with Gasteiger partial charge in [-0.2, -0.15) is 18.2 Å². The van der Waals surface area contributed by atoms with Crippen molar-refractivity contribution in [1.82, 2.24) is 19.6 Å². The quantitative estimate of drug-likeness (QED) is 0.650. The Labute approximate surface area is 161 Å². The SMILES string of the molecule is Cc1nc2nc(C(F)(F)F)nn2c(C)c1CCC(=O)Nc1ccc(Cl)cc1F. The molecule has 1 aromatic carbocycles. The van der Waals surface area contributed by atoms with Crippen molar-refractivity contribution in [2.24, 2.45) is 0 Å². The zero-order chi connectivity index (χ0) is 20.6. The van der Waals surface area contributed by atoms with Crippen LogP contribution in [0, 0.1) is 19.7 Å². The van der Waals surface area contributed by atoms with E-state index in [0.717, 1.165) is 10.6 Å². The van der Waals surface area contributed by atoms with E-state index >= 15 is 0 Å². The number of rotatable bonds is 4. The summed E-state index contributed by atoms with van der Waals surface area (Å²) in [7, 11) is 0. The van der Waals surface area contributed by atoms with Crippen molar-refractivity contribution in [3.05, 3.63) is 51.8 Å². The molecule has 1 N–H and O–H groups in total. The summed E-state index contributed by atoms with van der Waals surface area (Å²) in [6, 6.07) is 3.86. The van der Waals surface area contributed by atoms with Crippen LogP contribution in [0.5, 0.6) is 0 Å². The number of halogens is 5. The Kier molecular flexibility index (Phi) is 5.24. The van der Waals surface area contributed by atoms with E-state index < -0.39 is 23.7 Å². The van der Waals surface area contributed by atoms with E-state index in [1.807, 2.05) is 0 Å². The number of carbonyl (C=O) groups excluding carboxylic acids is 1. The van der Waals surface area contributed by atoms with E-state index in [0.29, 0.717) is 17.0 Å². The third-order valence-corrected chi connectivity index (χ3v) is 4.34. The number of aryl methyl sites for hydroxylation is 2. The van der Waals surface area contributed by atoms with E-state index in [9.17, 15) is 22.4 Å². The number of anilines is 1. The minimum Gasteiger partial charge on any atom is -0.324 e. The van der Waals surface area contributed by atoms with Gasteiger partial charge in [-0.1, -0.05) is 11.6 Å². The largest absolute Gasteiger partial charge is 0.453 e. The molecule has 28 heavy (non-hydrogen) atoms. The van der Waals surface area contributed by atoms with Crippen molar-refractivity contribution in [2.45, 2.75) is 32.9 Å². The molecule has 0 aliphatic rings. The second kappa shape index (κ2) is 7.34. The lowest BCUT2D eigenvalue weighted by molar-refractivity contribution is -0.144. The third kappa shape index (κ3) is 4.06. The summed E-state index contributed by atoms with van der Waals surface area (Å²) in [5, 5.41) is 6.09. The molecule has 0 spiro atoms. The lowest BCUT2D eigenvalue weighted by atomic mass is 10.1. The van der Waals surface area contributed by atoms with E-state index in [2.05, 4.69) is 20.4 Å². The monoisotopic (exact) mass is 415 g/mol. The second-order valence-corrected chi connectivity index (χ2v) is 6.51. The van der Waals surface area contributed by atoms with Crippen LogP contribution in [-0.2, 0) is 17.4 Å². The maximum atomic E-state index is 13.8. The van der Waals surface area contributed by atoms with Gasteiger partial charge in [-0.3, -0.25) is 4.79 Å². The molecule has 0 saturated carbocycles. The molecule has 1 amide bonds. The first-order valence-corrected chi connectivity index (χ1v) is 8.49. The average Bonchev–Trinajstić information content (AvgIpc) is 3.01. The number of aromatic nitrogens is 4. The van der Waals surface area contributed by atoms with Crippen molar-refractivity contribution in [3.8, 4) is 0 Å². The number of benzene rings is 1. The normalized spacial score (nSPS) is 11.8. The van der Waals surface area contributed by atoms with Crippen molar-refractivity contribution in [3.63, 3.8) is 0 Å². The first-order valence-electron chi connectivity index (χ1n) is 8.11. The summed E-state index contributed by atoms with van der Waals surface area (Å²) in [5.41, 5.74) is 1.40. The number of nitrogens with zero attached hydrogens (tertiary/aromatic N) is 4. The van der Waals surface area contributed by atoms with Crippen LogP contribution < -0.4 is 5.32 Å². The maximum absolute atomic E-state index is 13.8. The second-order valence-electron chi connectivity index (χ2n) is 6.08. The van der Waals surface area contributed by atoms with Gasteiger partial charge in [0.1, 0.15) is 5.82 Å². The molecule has 0 unspecified atom stereocenters. The molecule has 2 heterocycles. The molecule has 2 aromatic heterocycles. The average molecular weight is 416 g/mol. The number of fused-ring (bicyclic) bond motifs is 1. The zero-order valence-corrected chi connectivity index (χ0v) is 15.5. The Morgan fingerprint density at radius 3 is 2.61 bits per heavy atom. The predicted octanol–water partition coefficient (Wildman–Crippen LogP) is 4.12. The highest BCUT2D eigenvalue weighted by Gasteiger charge is 2.36. The molecule has 0 aliphatic heterocycles. The van der Waals surface area contributed by atoms with E-state index in [4.69, 9.17) is 11.6 Å². The summed E-state index contributed by atoms with van der Waals surface area (Å²) in [4.78, 5) is 19.6. The summed E-state index contributed by atoms with van der Waals surface area (Å²) >= 11 is 5.66. The lowest BCUT2D eigenvalue weighted by Crippen LogP contribution is -2.15. The molecule has 0 radical (unpaired) electrons. The highest BCUT2D eigenvalue weighted by atomic mass is 35.5. The fourth-order valence-corrected chi connectivity index (χ4v) is 2.89. The molecule has 11 heteroatoms. The third-order valence-electron chi connectivity index (χ3n) is 4.11. The van der Waals surface area contributed by atoms with E-state index in [-0.39, 0.29) is 29.3 Å². The number of nitrogens with one attached hydrogen (secondary N) is 1. The van der Waals surface area contributed by atoms with Gasteiger partial charge in [0.15, 0.2) is 0 Å². The molecule has 0 bridgehead atoms. The van der Waals surface area contributed by atoms with Gasteiger partial charge in [0.05, 0.1) is 5.69 Å². The highest BCUT2D eigenvalue weighted by molar-refractivity contribution is 6.30. The molecule has 3 aromatic rings. The van der Waals surface area contributed by atoms with Crippen LogP contribution in [-0.4, -0.2) is 25.5 Å². The molecular formula is C17H14ClF4N5O. The first-order chi connectivity index (χ1) is 13.1.